The van der Waals surface area contributed by atoms with Crippen molar-refractivity contribution in [3.05, 3.63) is 35.4 Å². The fourth-order valence-electron chi connectivity index (χ4n) is 2.72. The number of nitrogens with zero attached hydrogens (tertiary/aromatic N) is 1. The van der Waals surface area contributed by atoms with Crippen LogP contribution in [0.3, 0.4) is 0 Å². The zero-order valence-electron chi connectivity index (χ0n) is 15.6. The number of esters is 2. The number of hydrogen-bond acceptors (Lipinski definition) is 7. The van der Waals surface area contributed by atoms with Crippen LogP contribution >= 0.6 is 0 Å². The molecule has 7 heteroatoms. The van der Waals surface area contributed by atoms with Crippen LogP contribution in [0.5, 0.6) is 0 Å². The second-order valence-electron chi connectivity index (χ2n) is 5.59. The molecule has 1 aromatic rings. The van der Waals surface area contributed by atoms with E-state index in [0.717, 1.165) is 5.56 Å². The normalized spacial score (nSPS) is 12.9. The molecule has 1 rings (SSSR count). The maximum Gasteiger partial charge on any atom is 0.337 e. The summed E-state index contributed by atoms with van der Waals surface area (Å²) < 4.78 is 20.2. The molecule has 7 nitrogen and oxygen atoms in total. The molecule has 2 unspecified atom stereocenters. The van der Waals surface area contributed by atoms with Crippen molar-refractivity contribution < 1.29 is 28.5 Å². The maximum atomic E-state index is 12.1. The summed E-state index contributed by atoms with van der Waals surface area (Å²) in [6.45, 7) is 1.89. The molecule has 26 heavy (non-hydrogen) atoms. The molecule has 0 aliphatic carbocycles. The quantitative estimate of drug-likeness (QED) is 0.465. The average Bonchev–Trinajstić information content (AvgIpc) is 2.67. The average molecular weight is 363 g/mol. The third-order valence-electron chi connectivity index (χ3n) is 4.06. The molecule has 0 aliphatic heterocycles. The Labute approximate surface area is 153 Å². The molecule has 0 heterocycles. The maximum absolute atomic E-state index is 12.1. The van der Waals surface area contributed by atoms with Gasteiger partial charge in [-0.1, -0.05) is 12.1 Å². The van der Waals surface area contributed by atoms with Gasteiger partial charge in [0.25, 0.3) is 0 Å². The lowest BCUT2D eigenvalue weighted by atomic mass is 9.87. The van der Waals surface area contributed by atoms with Crippen LogP contribution in [0, 0.1) is 23.2 Å². The molecular formula is C19H25NO6. The Hall–Kier alpha value is -2.43. The van der Waals surface area contributed by atoms with Gasteiger partial charge < -0.3 is 18.9 Å². The summed E-state index contributed by atoms with van der Waals surface area (Å²) in [7, 11) is 4.26. The molecule has 0 aromatic heterocycles. The van der Waals surface area contributed by atoms with Crippen molar-refractivity contribution in [3.63, 3.8) is 0 Å². The monoisotopic (exact) mass is 363 g/mol. The highest BCUT2D eigenvalue weighted by Gasteiger charge is 2.35. The number of hydrogen-bond donors (Lipinski definition) is 0. The number of benzene rings is 1. The van der Waals surface area contributed by atoms with Crippen molar-refractivity contribution in [2.24, 2.45) is 11.8 Å². The Morgan fingerprint density at radius 1 is 1.12 bits per heavy atom. The van der Waals surface area contributed by atoms with Gasteiger partial charge in [-0.15, -0.1) is 0 Å². The van der Waals surface area contributed by atoms with Crippen LogP contribution in [0.2, 0.25) is 0 Å². The third kappa shape index (κ3) is 5.83. The Bertz CT molecular complexity index is 618. The standard InChI is InChI=1S/C19H25NO6/c1-5-26-18(22)16(12-20)15(19(24-3)25-4)11-8-13-6-9-14(10-7-13)17(21)23-2/h6-7,9-10,15-16,19H,5,8,11H2,1-4H3. The third-order valence-corrected chi connectivity index (χ3v) is 4.06. The van der Waals surface area contributed by atoms with Crippen molar-refractivity contribution in [2.45, 2.75) is 26.1 Å². The first-order chi connectivity index (χ1) is 12.5. The van der Waals surface area contributed by atoms with Crippen molar-refractivity contribution in [3.8, 4) is 6.07 Å². The minimum atomic E-state index is -0.991. The van der Waals surface area contributed by atoms with Crippen LogP contribution < -0.4 is 0 Å². The second kappa shape index (κ2) is 11.2. The van der Waals surface area contributed by atoms with Gasteiger partial charge in [-0.2, -0.15) is 5.26 Å². The largest absolute Gasteiger partial charge is 0.465 e. The van der Waals surface area contributed by atoms with Gasteiger partial charge in [0.2, 0.25) is 0 Å². The van der Waals surface area contributed by atoms with E-state index >= 15 is 0 Å². The number of carbonyl (C=O) groups is 2. The highest BCUT2D eigenvalue weighted by atomic mass is 16.7. The highest BCUT2D eigenvalue weighted by molar-refractivity contribution is 5.89. The fraction of sp³-hybridized carbons (Fsp3) is 0.526. The van der Waals surface area contributed by atoms with Gasteiger partial charge in [0.05, 0.1) is 25.3 Å². The van der Waals surface area contributed by atoms with E-state index in [0.29, 0.717) is 18.4 Å². The predicted octanol–water partition coefficient (Wildman–Crippen LogP) is 2.34. The molecular weight excluding hydrogens is 338 g/mol. The number of ether oxygens (including phenoxy) is 4. The minimum Gasteiger partial charge on any atom is -0.465 e. The zero-order valence-corrected chi connectivity index (χ0v) is 15.6. The predicted molar refractivity (Wildman–Crippen MR) is 93.1 cm³/mol. The molecule has 0 fully saturated rings. The molecule has 0 bridgehead atoms. The molecule has 0 amide bonds. The Balaban J connectivity index is 2.90. The molecule has 0 saturated carbocycles. The molecule has 0 spiro atoms. The van der Waals surface area contributed by atoms with Crippen LogP contribution in [0.4, 0.5) is 0 Å². The number of carbonyl (C=O) groups excluding carboxylic acids is 2. The fourth-order valence-corrected chi connectivity index (χ4v) is 2.72. The van der Waals surface area contributed by atoms with E-state index in [1.165, 1.54) is 21.3 Å². The van der Waals surface area contributed by atoms with Crippen molar-refractivity contribution in [2.75, 3.05) is 27.9 Å². The van der Waals surface area contributed by atoms with Gasteiger partial charge in [0, 0.05) is 20.1 Å². The van der Waals surface area contributed by atoms with E-state index in [4.69, 9.17) is 14.2 Å². The lowest BCUT2D eigenvalue weighted by Gasteiger charge is -2.27. The number of methoxy groups -OCH3 is 3. The van der Waals surface area contributed by atoms with E-state index in [2.05, 4.69) is 4.74 Å². The van der Waals surface area contributed by atoms with Gasteiger partial charge in [-0.25, -0.2) is 4.79 Å². The van der Waals surface area contributed by atoms with Gasteiger partial charge in [-0.3, -0.25) is 4.79 Å². The van der Waals surface area contributed by atoms with E-state index in [9.17, 15) is 14.9 Å². The smallest absolute Gasteiger partial charge is 0.337 e. The SMILES string of the molecule is CCOC(=O)C(C#N)C(CCc1ccc(C(=O)OC)cc1)C(OC)OC. The number of rotatable bonds is 10. The molecule has 2 atom stereocenters. The zero-order chi connectivity index (χ0) is 19.5. The molecule has 0 aliphatic rings. The summed E-state index contributed by atoms with van der Waals surface area (Å²) in [6, 6.07) is 8.97. The second-order valence-corrected chi connectivity index (χ2v) is 5.59. The van der Waals surface area contributed by atoms with Crippen molar-refractivity contribution >= 4 is 11.9 Å². The van der Waals surface area contributed by atoms with Crippen LogP contribution in [-0.2, 0) is 30.2 Å². The van der Waals surface area contributed by atoms with E-state index in [1.54, 1.807) is 19.1 Å². The van der Waals surface area contributed by atoms with Gasteiger partial charge in [0.15, 0.2) is 12.2 Å². The molecule has 0 N–H and O–H groups in total. The Morgan fingerprint density at radius 3 is 2.19 bits per heavy atom. The van der Waals surface area contributed by atoms with Crippen molar-refractivity contribution in [1.29, 1.82) is 5.26 Å². The van der Waals surface area contributed by atoms with Crippen LogP contribution in [0.25, 0.3) is 0 Å². The van der Waals surface area contributed by atoms with Crippen LogP contribution in [-0.4, -0.2) is 46.2 Å². The summed E-state index contributed by atoms with van der Waals surface area (Å²) in [4.78, 5) is 23.6. The molecule has 0 saturated heterocycles. The summed E-state index contributed by atoms with van der Waals surface area (Å²) >= 11 is 0. The van der Waals surface area contributed by atoms with E-state index in [1.807, 2.05) is 18.2 Å². The lowest BCUT2D eigenvalue weighted by Crippen LogP contribution is -2.36. The van der Waals surface area contributed by atoms with E-state index in [-0.39, 0.29) is 6.61 Å². The van der Waals surface area contributed by atoms with E-state index < -0.39 is 30.1 Å². The first-order valence-electron chi connectivity index (χ1n) is 8.31. The minimum absolute atomic E-state index is 0.198. The van der Waals surface area contributed by atoms with Crippen molar-refractivity contribution in [1.82, 2.24) is 0 Å². The molecule has 1 aromatic carbocycles. The summed E-state index contributed by atoms with van der Waals surface area (Å²) in [5, 5.41) is 9.44. The summed E-state index contributed by atoms with van der Waals surface area (Å²) in [5.41, 5.74) is 1.41. The highest BCUT2D eigenvalue weighted by Crippen LogP contribution is 2.26. The van der Waals surface area contributed by atoms with Gasteiger partial charge in [-0.05, 0) is 37.5 Å². The number of aryl methyl sites for hydroxylation is 1. The molecule has 0 radical (unpaired) electrons. The summed E-state index contributed by atoms with van der Waals surface area (Å²) in [5.74, 6) is -2.47. The lowest BCUT2D eigenvalue weighted by molar-refractivity contribution is -0.167. The van der Waals surface area contributed by atoms with Crippen LogP contribution in [0.1, 0.15) is 29.3 Å². The topological polar surface area (TPSA) is 94.9 Å². The van der Waals surface area contributed by atoms with Crippen LogP contribution in [0.15, 0.2) is 24.3 Å². The Morgan fingerprint density at radius 2 is 1.73 bits per heavy atom. The Kier molecular flexibility index (Phi) is 9.34. The first-order valence-corrected chi connectivity index (χ1v) is 8.31. The van der Waals surface area contributed by atoms with Gasteiger partial charge >= 0.3 is 11.9 Å². The van der Waals surface area contributed by atoms with Gasteiger partial charge in [0.1, 0.15) is 0 Å². The summed E-state index contributed by atoms with van der Waals surface area (Å²) in [6.07, 6.45) is 0.340. The molecule has 142 valence electrons. The first kappa shape index (κ1) is 21.6. The number of nitriles is 1.